The topological polar surface area (TPSA) is 29.5 Å². The van der Waals surface area contributed by atoms with Crippen LogP contribution in [0.3, 0.4) is 0 Å². The van der Waals surface area contributed by atoms with Crippen LogP contribution in [0.2, 0.25) is 0 Å². The third-order valence-corrected chi connectivity index (χ3v) is 3.17. The molecule has 3 heteroatoms. The van der Waals surface area contributed by atoms with Gasteiger partial charge in [-0.05, 0) is 39.5 Å². The average Bonchev–Trinajstić information content (AvgIpc) is 2.16. The molecular weight excluding hydrogens is 190 g/mol. The second kappa shape index (κ2) is 6.11. The Kier molecular flexibility index (Phi) is 5.09. The normalized spacial score (nSPS) is 24.7. The maximum atomic E-state index is 11.8. The van der Waals surface area contributed by atoms with E-state index >= 15 is 0 Å². The Balaban J connectivity index is 2.18. The summed E-state index contributed by atoms with van der Waals surface area (Å²) in [6.45, 7) is 8.54. The maximum absolute atomic E-state index is 11.8. The van der Waals surface area contributed by atoms with Crippen molar-refractivity contribution in [1.29, 1.82) is 0 Å². The highest BCUT2D eigenvalue weighted by atomic mass is 16.5. The minimum Gasteiger partial charge on any atom is -0.378 e. The van der Waals surface area contributed by atoms with Gasteiger partial charge in [0.2, 0.25) is 5.91 Å². The first-order chi connectivity index (χ1) is 7.21. The van der Waals surface area contributed by atoms with Gasteiger partial charge in [-0.25, -0.2) is 0 Å². The molecule has 1 rings (SSSR count). The number of amides is 1. The zero-order valence-corrected chi connectivity index (χ0v) is 10.2. The van der Waals surface area contributed by atoms with Crippen molar-refractivity contribution >= 4 is 5.91 Å². The molecule has 0 unspecified atom stereocenters. The molecular formula is C12H23NO2. The molecule has 1 aliphatic carbocycles. The van der Waals surface area contributed by atoms with Crippen LogP contribution in [0.4, 0.5) is 0 Å². The first kappa shape index (κ1) is 12.5. The Hall–Kier alpha value is -0.570. The van der Waals surface area contributed by atoms with Crippen molar-refractivity contribution in [3.63, 3.8) is 0 Å². The molecule has 0 radical (unpaired) electrons. The predicted molar refractivity (Wildman–Crippen MR) is 60.7 cm³/mol. The van der Waals surface area contributed by atoms with Gasteiger partial charge in [0.1, 0.15) is 0 Å². The molecule has 1 saturated carbocycles. The van der Waals surface area contributed by atoms with Crippen LogP contribution in [-0.2, 0) is 9.53 Å². The third kappa shape index (κ3) is 3.49. The van der Waals surface area contributed by atoms with Gasteiger partial charge < -0.3 is 9.64 Å². The van der Waals surface area contributed by atoms with Crippen LogP contribution >= 0.6 is 0 Å². The van der Waals surface area contributed by atoms with Crippen molar-refractivity contribution in [3.8, 4) is 0 Å². The minimum atomic E-state index is 0.306. The molecule has 1 aliphatic rings. The Morgan fingerprint density at radius 2 is 1.87 bits per heavy atom. The lowest BCUT2D eigenvalue weighted by Crippen LogP contribution is -2.37. The smallest absolute Gasteiger partial charge is 0.222 e. The fraction of sp³-hybridized carbons (Fsp3) is 0.917. The molecule has 0 aliphatic heterocycles. The Morgan fingerprint density at radius 3 is 2.33 bits per heavy atom. The predicted octanol–water partition coefficient (Wildman–Crippen LogP) is 2.06. The van der Waals surface area contributed by atoms with Crippen LogP contribution in [0.5, 0.6) is 0 Å². The minimum absolute atomic E-state index is 0.306. The molecule has 0 aromatic heterocycles. The fourth-order valence-electron chi connectivity index (χ4n) is 2.17. The van der Waals surface area contributed by atoms with Crippen LogP contribution in [0.15, 0.2) is 0 Å². The zero-order chi connectivity index (χ0) is 11.3. The molecule has 0 heterocycles. The molecule has 1 amide bonds. The van der Waals surface area contributed by atoms with Crippen molar-refractivity contribution in [2.24, 2.45) is 5.92 Å². The van der Waals surface area contributed by atoms with Crippen molar-refractivity contribution in [2.75, 3.05) is 19.7 Å². The van der Waals surface area contributed by atoms with E-state index in [1.54, 1.807) is 0 Å². The summed E-state index contributed by atoms with van der Waals surface area (Å²) in [5, 5.41) is 0. The van der Waals surface area contributed by atoms with Crippen LogP contribution in [0.1, 0.15) is 40.0 Å². The first-order valence-electron chi connectivity index (χ1n) is 6.10. The SMILES string of the molecule is CCOC1CC(CC(=O)N(CC)CC)C1. The Morgan fingerprint density at radius 1 is 1.27 bits per heavy atom. The van der Waals surface area contributed by atoms with E-state index < -0.39 is 0 Å². The highest BCUT2D eigenvalue weighted by Crippen LogP contribution is 2.32. The lowest BCUT2D eigenvalue weighted by molar-refractivity contribution is -0.134. The van der Waals surface area contributed by atoms with E-state index in [1.807, 2.05) is 25.7 Å². The van der Waals surface area contributed by atoms with Gasteiger partial charge in [0.05, 0.1) is 6.10 Å². The number of carbonyl (C=O) groups excluding carboxylic acids is 1. The number of carbonyl (C=O) groups is 1. The van der Waals surface area contributed by atoms with Crippen molar-refractivity contribution in [2.45, 2.75) is 46.1 Å². The van der Waals surface area contributed by atoms with E-state index in [0.717, 1.165) is 32.5 Å². The van der Waals surface area contributed by atoms with Gasteiger partial charge in [0, 0.05) is 26.1 Å². The summed E-state index contributed by atoms with van der Waals surface area (Å²) in [5.41, 5.74) is 0. The summed E-state index contributed by atoms with van der Waals surface area (Å²) in [6, 6.07) is 0. The van der Waals surface area contributed by atoms with Crippen LogP contribution in [0, 0.1) is 5.92 Å². The molecule has 0 aromatic carbocycles. The summed E-state index contributed by atoms with van der Waals surface area (Å²) in [4.78, 5) is 13.7. The Labute approximate surface area is 92.8 Å². The molecule has 15 heavy (non-hydrogen) atoms. The summed E-state index contributed by atoms with van der Waals surface area (Å²) in [7, 11) is 0. The quantitative estimate of drug-likeness (QED) is 0.676. The molecule has 1 fully saturated rings. The number of rotatable bonds is 6. The number of hydrogen-bond donors (Lipinski definition) is 0. The fourth-order valence-corrected chi connectivity index (χ4v) is 2.17. The number of ether oxygens (including phenoxy) is 1. The molecule has 0 N–H and O–H groups in total. The van der Waals surface area contributed by atoms with Gasteiger partial charge in [-0.15, -0.1) is 0 Å². The molecule has 0 atom stereocenters. The first-order valence-corrected chi connectivity index (χ1v) is 6.10. The monoisotopic (exact) mass is 213 g/mol. The summed E-state index contributed by atoms with van der Waals surface area (Å²) in [5.74, 6) is 0.870. The van der Waals surface area contributed by atoms with Crippen LogP contribution in [0.25, 0.3) is 0 Å². The molecule has 0 spiro atoms. The summed E-state index contributed by atoms with van der Waals surface area (Å²) < 4.78 is 5.48. The summed E-state index contributed by atoms with van der Waals surface area (Å²) in [6.07, 6.45) is 3.27. The van der Waals surface area contributed by atoms with Crippen molar-refractivity contribution in [1.82, 2.24) is 4.90 Å². The third-order valence-electron chi connectivity index (χ3n) is 3.17. The highest BCUT2D eigenvalue weighted by molar-refractivity contribution is 5.76. The number of hydrogen-bond acceptors (Lipinski definition) is 2. The van der Waals surface area contributed by atoms with Crippen molar-refractivity contribution in [3.05, 3.63) is 0 Å². The molecule has 0 bridgehead atoms. The van der Waals surface area contributed by atoms with Crippen LogP contribution < -0.4 is 0 Å². The van der Waals surface area contributed by atoms with Gasteiger partial charge >= 0.3 is 0 Å². The second-order valence-corrected chi connectivity index (χ2v) is 4.18. The molecule has 0 aromatic rings. The standard InChI is InChI=1S/C12H23NO2/c1-4-13(5-2)12(14)9-10-7-11(8-10)15-6-3/h10-11H,4-9H2,1-3H3. The van der Waals surface area contributed by atoms with E-state index in [-0.39, 0.29) is 0 Å². The van der Waals surface area contributed by atoms with Crippen molar-refractivity contribution < 1.29 is 9.53 Å². The van der Waals surface area contributed by atoms with E-state index in [9.17, 15) is 4.79 Å². The maximum Gasteiger partial charge on any atom is 0.222 e. The molecule has 88 valence electrons. The highest BCUT2D eigenvalue weighted by Gasteiger charge is 2.31. The van der Waals surface area contributed by atoms with E-state index in [2.05, 4.69) is 0 Å². The second-order valence-electron chi connectivity index (χ2n) is 4.18. The average molecular weight is 213 g/mol. The zero-order valence-electron chi connectivity index (χ0n) is 10.2. The van der Waals surface area contributed by atoms with Crippen LogP contribution in [-0.4, -0.2) is 36.6 Å². The largest absolute Gasteiger partial charge is 0.378 e. The molecule has 3 nitrogen and oxygen atoms in total. The van der Waals surface area contributed by atoms with E-state index in [4.69, 9.17) is 4.74 Å². The lowest BCUT2D eigenvalue weighted by Gasteiger charge is -2.35. The van der Waals surface area contributed by atoms with Gasteiger partial charge in [0.15, 0.2) is 0 Å². The van der Waals surface area contributed by atoms with Gasteiger partial charge in [-0.2, -0.15) is 0 Å². The number of nitrogens with zero attached hydrogens (tertiary/aromatic N) is 1. The molecule has 0 saturated heterocycles. The van der Waals surface area contributed by atoms with E-state index in [0.29, 0.717) is 24.3 Å². The van der Waals surface area contributed by atoms with Gasteiger partial charge in [0.25, 0.3) is 0 Å². The van der Waals surface area contributed by atoms with Gasteiger partial charge in [-0.3, -0.25) is 4.79 Å². The van der Waals surface area contributed by atoms with E-state index in [1.165, 1.54) is 0 Å². The lowest BCUT2D eigenvalue weighted by atomic mass is 9.79. The Bertz CT molecular complexity index is 196. The summed E-state index contributed by atoms with van der Waals surface area (Å²) >= 11 is 0. The van der Waals surface area contributed by atoms with Gasteiger partial charge in [-0.1, -0.05) is 0 Å².